The highest BCUT2D eigenvalue weighted by atomic mass is 32.1. The number of carbonyl (C=O) groups is 2. The first-order valence-electron chi connectivity index (χ1n) is 6.26. The summed E-state index contributed by atoms with van der Waals surface area (Å²) in [5.41, 5.74) is 6.71. The molecule has 0 saturated heterocycles. The van der Waals surface area contributed by atoms with Crippen molar-refractivity contribution >= 4 is 28.2 Å². The van der Waals surface area contributed by atoms with Crippen molar-refractivity contribution in [3.63, 3.8) is 0 Å². The number of anilines is 1. The van der Waals surface area contributed by atoms with Crippen LogP contribution in [0.25, 0.3) is 0 Å². The summed E-state index contributed by atoms with van der Waals surface area (Å²) < 4.78 is 5.13. The van der Waals surface area contributed by atoms with Crippen LogP contribution in [0, 0.1) is 6.92 Å². The van der Waals surface area contributed by atoms with Crippen LogP contribution in [0.2, 0.25) is 0 Å². The fourth-order valence-corrected chi connectivity index (χ4v) is 2.58. The zero-order chi connectivity index (χ0) is 14.6. The van der Waals surface area contributed by atoms with E-state index in [2.05, 4.69) is 5.32 Å². The molecule has 0 unspecified atom stereocenters. The first-order valence-corrected chi connectivity index (χ1v) is 7.08. The molecule has 0 radical (unpaired) electrons. The number of hydrogen-bond acceptors (Lipinski definition) is 5. The Morgan fingerprint density at radius 2 is 2.05 bits per heavy atom. The summed E-state index contributed by atoms with van der Waals surface area (Å²) in [6.45, 7) is 7.82. The van der Waals surface area contributed by atoms with Crippen molar-refractivity contribution < 1.29 is 14.3 Å². The Labute approximate surface area is 117 Å². The van der Waals surface area contributed by atoms with Gasteiger partial charge in [-0.25, -0.2) is 4.79 Å². The minimum absolute atomic E-state index is 0.195. The van der Waals surface area contributed by atoms with Crippen molar-refractivity contribution in [3.8, 4) is 0 Å². The number of thiophene rings is 1. The smallest absolute Gasteiger partial charge is 0.341 e. The molecule has 0 fully saturated rings. The lowest BCUT2D eigenvalue weighted by Crippen LogP contribution is -2.24. The summed E-state index contributed by atoms with van der Waals surface area (Å²) in [7, 11) is 0. The van der Waals surface area contributed by atoms with Gasteiger partial charge < -0.3 is 15.8 Å². The van der Waals surface area contributed by atoms with Gasteiger partial charge in [0.25, 0.3) is 5.91 Å². The molecule has 0 aliphatic rings. The number of nitrogens with one attached hydrogen (secondary N) is 1. The molecule has 0 aliphatic carbocycles. The standard InChI is InChI=1S/C13H20N2O3S/c1-5-6-15-12(16)10-8(4)9(11(14)19-10)13(17)18-7(2)3/h7H,5-6,14H2,1-4H3,(H,15,16). The molecule has 0 aliphatic heterocycles. The summed E-state index contributed by atoms with van der Waals surface area (Å²) in [5, 5.41) is 3.10. The molecule has 5 nitrogen and oxygen atoms in total. The van der Waals surface area contributed by atoms with Gasteiger partial charge in [0, 0.05) is 6.54 Å². The van der Waals surface area contributed by atoms with E-state index in [1.807, 2.05) is 6.92 Å². The summed E-state index contributed by atoms with van der Waals surface area (Å²) in [4.78, 5) is 24.3. The van der Waals surface area contributed by atoms with E-state index < -0.39 is 5.97 Å². The Morgan fingerprint density at radius 1 is 1.42 bits per heavy atom. The third kappa shape index (κ3) is 3.70. The molecule has 19 heavy (non-hydrogen) atoms. The zero-order valence-corrected chi connectivity index (χ0v) is 12.5. The Hall–Kier alpha value is -1.56. The molecule has 1 aromatic heterocycles. The van der Waals surface area contributed by atoms with E-state index in [0.717, 1.165) is 17.8 Å². The lowest BCUT2D eigenvalue weighted by atomic mass is 10.1. The van der Waals surface area contributed by atoms with Crippen LogP contribution in [0.15, 0.2) is 0 Å². The molecule has 0 spiro atoms. The fourth-order valence-electron chi connectivity index (χ4n) is 1.60. The second-order valence-corrected chi connectivity index (χ2v) is 5.56. The molecule has 3 N–H and O–H groups in total. The van der Waals surface area contributed by atoms with Crippen LogP contribution in [-0.4, -0.2) is 24.5 Å². The van der Waals surface area contributed by atoms with E-state index in [0.29, 0.717) is 27.5 Å². The predicted octanol–water partition coefficient (Wildman–Crippen LogP) is 2.34. The lowest BCUT2D eigenvalue weighted by molar-refractivity contribution is 0.0379. The minimum atomic E-state index is -0.476. The number of amides is 1. The van der Waals surface area contributed by atoms with Gasteiger partial charge in [-0.3, -0.25) is 4.79 Å². The maximum Gasteiger partial charge on any atom is 0.341 e. The van der Waals surface area contributed by atoms with Gasteiger partial charge in [-0.1, -0.05) is 6.92 Å². The van der Waals surface area contributed by atoms with Crippen molar-refractivity contribution in [2.75, 3.05) is 12.3 Å². The van der Waals surface area contributed by atoms with Crippen LogP contribution >= 0.6 is 11.3 Å². The average molecular weight is 284 g/mol. The number of hydrogen-bond donors (Lipinski definition) is 2. The third-order valence-electron chi connectivity index (χ3n) is 2.46. The van der Waals surface area contributed by atoms with Gasteiger partial charge in [0.1, 0.15) is 5.00 Å². The Morgan fingerprint density at radius 3 is 2.58 bits per heavy atom. The predicted molar refractivity (Wildman–Crippen MR) is 76.6 cm³/mol. The molecule has 1 amide bonds. The third-order valence-corrected chi connectivity index (χ3v) is 3.58. The maximum atomic E-state index is 11.9. The molecule has 0 saturated carbocycles. The quantitative estimate of drug-likeness (QED) is 0.813. The highest BCUT2D eigenvalue weighted by Crippen LogP contribution is 2.31. The van der Waals surface area contributed by atoms with E-state index in [-0.39, 0.29) is 12.0 Å². The zero-order valence-electron chi connectivity index (χ0n) is 11.7. The van der Waals surface area contributed by atoms with E-state index in [1.54, 1.807) is 20.8 Å². The van der Waals surface area contributed by atoms with Gasteiger partial charge in [-0.2, -0.15) is 0 Å². The summed E-state index contributed by atoms with van der Waals surface area (Å²) in [5.74, 6) is -0.671. The number of rotatable bonds is 5. The van der Waals surface area contributed by atoms with Gasteiger partial charge in [0.2, 0.25) is 0 Å². The number of esters is 1. The minimum Gasteiger partial charge on any atom is -0.459 e. The molecule has 0 aromatic carbocycles. The normalized spacial score (nSPS) is 10.6. The van der Waals surface area contributed by atoms with Gasteiger partial charge in [0.05, 0.1) is 16.5 Å². The van der Waals surface area contributed by atoms with Gasteiger partial charge in [-0.05, 0) is 32.8 Å². The number of nitrogens with two attached hydrogens (primary N) is 1. The van der Waals surface area contributed by atoms with Crippen LogP contribution in [-0.2, 0) is 4.74 Å². The summed E-state index contributed by atoms with van der Waals surface area (Å²) >= 11 is 1.12. The molecule has 1 aromatic rings. The summed E-state index contributed by atoms with van der Waals surface area (Å²) in [6.07, 6.45) is 0.636. The van der Waals surface area contributed by atoms with Crippen LogP contribution in [0.4, 0.5) is 5.00 Å². The van der Waals surface area contributed by atoms with Crippen LogP contribution in [0.1, 0.15) is 52.8 Å². The van der Waals surface area contributed by atoms with Gasteiger partial charge >= 0.3 is 5.97 Å². The Kier molecular flexibility index (Phi) is 5.35. The monoisotopic (exact) mass is 284 g/mol. The molecule has 6 heteroatoms. The molecule has 0 atom stereocenters. The SMILES string of the molecule is CCCNC(=O)c1sc(N)c(C(=O)OC(C)C)c1C. The first kappa shape index (κ1) is 15.5. The molecule has 0 bridgehead atoms. The van der Waals surface area contributed by atoms with Crippen LogP contribution in [0.3, 0.4) is 0 Å². The van der Waals surface area contributed by atoms with Crippen molar-refractivity contribution in [1.82, 2.24) is 5.32 Å². The lowest BCUT2D eigenvalue weighted by Gasteiger charge is -2.08. The Bertz CT molecular complexity index is 480. The second kappa shape index (κ2) is 6.56. The van der Waals surface area contributed by atoms with E-state index in [1.165, 1.54) is 0 Å². The number of carbonyl (C=O) groups excluding carboxylic acids is 2. The van der Waals surface area contributed by atoms with Crippen molar-refractivity contribution in [2.24, 2.45) is 0 Å². The molecular weight excluding hydrogens is 264 g/mol. The second-order valence-electron chi connectivity index (χ2n) is 4.51. The highest BCUT2D eigenvalue weighted by Gasteiger charge is 2.24. The van der Waals surface area contributed by atoms with E-state index in [4.69, 9.17) is 10.5 Å². The first-order chi connectivity index (χ1) is 8.88. The van der Waals surface area contributed by atoms with E-state index >= 15 is 0 Å². The van der Waals surface area contributed by atoms with Crippen molar-refractivity contribution in [1.29, 1.82) is 0 Å². The van der Waals surface area contributed by atoms with Gasteiger partial charge in [-0.15, -0.1) is 11.3 Å². The fraction of sp³-hybridized carbons (Fsp3) is 0.538. The number of nitrogen functional groups attached to an aromatic ring is 1. The summed E-state index contributed by atoms with van der Waals surface area (Å²) in [6, 6.07) is 0. The van der Waals surface area contributed by atoms with Crippen molar-refractivity contribution in [2.45, 2.75) is 40.2 Å². The largest absolute Gasteiger partial charge is 0.459 e. The van der Waals surface area contributed by atoms with Gasteiger partial charge in [0.15, 0.2) is 0 Å². The average Bonchev–Trinajstić information content (AvgIpc) is 2.61. The molecular formula is C13H20N2O3S. The van der Waals surface area contributed by atoms with Crippen molar-refractivity contribution in [3.05, 3.63) is 16.0 Å². The van der Waals surface area contributed by atoms with E-state index in [9.17, 15) is 9.59 Å². The van der Waals surface area contributed by atoms with Crippen LogP contribution in [0.5, 0.6) is 0 Å². The number of ether oxygens (including phenoxy) is 1. The molecule has 1 rings (SSSR count). The highest BCUT2D eigenvalue weighted by molar-refractivity contribution is 7.18. The maximum absolute atomic E-state index is 11.9. The topological polar surface area (TPSA) is 81.4 Å². The van der Waals surface area contributed by atoms with Crippen LogP contribution < -0.4 is 11.1 Å². The molecule has 1 heterocycles. The Balaban J connectivity index is 3.00. The molecule has 106 valence electrons.